The van der Waals surface area contributed by atoms with Gasteiger partial charge in [-0.25, -0.2) is 0 Å². The van der Waals surface area contributed by atoms with E-state index in [0.717, 1.165) is 11.3 Å². The van der Waals surface area contributed by atoms with Crippen LogP contribution in [0.5, 0.6) is 5.75 Å². The second kappa shape index (κ2) is 7.98. The summed E-state index contributed by atoms with van der Waals surface area (Å²) in [5.41, 5.74) is 7.18. The van der Waals surface area contributed by atoms with Gasteiger partial charge >= 0.3 is 0 Å². The summed E-state index contributed by atoms with van der Waals surface area (Å²) in [6, 6.07) is 5.51. The van der Waals surface area contributed by atoms with Crippen LogP contribution in [0.1, 0.15) is 36.2 Å². The Hall–Kier alpha value is -1.62. The first-order chi connectivity index (χ1) is 9.85. The zero-order valence-electron chi connectivity index (χ0n) is 13.2. The van der Waals surface area contributed by atoms with Gasteiger partial charge in [-0.3, -0.25) is 4.79 Å². The third-order valence-electron chi connectivity index (χ3n) is 3.16. The summed E-state index contributed by atoms with van der Waals surface area (Å²) in [5, 5.41) is 0. The van der Waals surface area contributed by atoms with E-state index in [2.05, 4.69) is 13.8 Å². The van der Waals surface area contributed by atoms with Crippen molar-refractivity contribution in [2.45, 2.75) is 27.2 Å². The van der Waals surface area contributed by atoms with Crippen LogP contribution in [0.4, 0.5) is 0 Å². The van der Waals surface area contributed by atoms with Gasteiger partial charge in [-0.05, 0) is 30.5 Å². The highest BCUT2D eigenvalue weighted by Crippen LogP contribution is 2.20. The van der Waals surface area contributed by atoms with Gasteiger partial charge in [-0.2, -0.15) is 0 Å². The number of nitrogens with two attached hydrogens (primary N) is 1. The van der Waals surface area contributed by atoms with E-state index in [-0.39, 0.29) is 5.91 Å². The smallest absolute Gasteiger partial charge is 0.254 e. The molecule has 5 heteroatoms. The molecule has 0 saturated carbocycles. The molecule has 0 radical (unpaired) electrons. The van der Waals surface area contributed by atoms with Gasteiger partial charge in [0.05, 0.1) is 12.1 Å². The minimum atomic E-state index is -0.0155. The highest BCUT2D eigenvalue weighted by Gasteiger charge is 2.18. The average Bonchev–Trinajstić information content (AvgIpc) is 2.42. The molecule has 0 aliphatic carbocycles. The predicted octanol–water partition coefficient (Wildman–Crippen LogP) is 2.78. The molecule has 0 spiro atoms. The van der Waals surface area contributed by atoms with E-state index in [0.29, 0.717) is 36.0 Å². The van der Waals surface area contributed by atoms with E-state index >= 15 is 0 Å². The van der Waals surface area contributed by atoms with Crippen LogP contribution >= 0.6 is 12.2 Å². The molecule has 0 aromatic heterocycles. The fraction of sp³-hybridized carbons (Fsp3) is 0.500. The summed E-state index contributed by atoms with van der Waals surface area (Å²) in [5.74, 6) is 1.09. The summed E-state index contributed by atoms with van der Waals surface area (Å²) in [7, 11) is 1.61. The number of methoxy groups -OCH3 is 1. The van der Waals surface area contributed by atoms with E-state index < -0.39 is 0 Å². The molecule has 4 nitrogen and oxygen atoms in total. The van der Waals surface area contributed by atoms with Crippen molar-refractivity contribution in [3.05, 3.63) is 29.3 Å². The summed E-state index contributed by atoms with van der Waals surface area (Å²) in [4.78, 5) is 14.9. The second-order valence-corrected chi connectivity index (χ2v) is 6.07. The Morgan fingerprint density at radius 2 is 2.10 bits per heavy atom. The van der Waals surface area contributed by atoms with Crippen molar-refractivity contribution in [2.75, 3.05) is 20.2 Å². The van der Waals surface area contributed by atoms with Crippen molar-refractivity contribution in [3.63, 3.8) is 0 Å². The van der Waals surface area contributed by atoms with Crippen molar-refractivity contribution in [2.24, 2.45) is 11.7 Å². The van der Waals surface area contributed by atoms with Crippen molar-refractivity contribution in [1.29, 1.82) is 0 Å². The third kappa shape index (κ3) is 5.34. The number of ether oxygens (including phenoxy) is 1. The molecule has 0 bridgehead atoms. The first-order valence-electron chi connectivity index (χ1n) is 7.07. The molecule has 0 saturated heterocycles. The van der Waals surface area contributed by atoms with Gasteiger partial charge in [0.2, 0.25) is 0 Å². The van der Waals surface area contributed by atoms with Gasteiger partial charge < -0.3 is 15.4 Å². The highest BCUT2D eigenvalue weighted by atomic mass is 32.1. The summed E-state index contributed by atoms with van der Waals surface area (Å²) < 4.78 is 5.28. The Morgan fingerprint density at radius 3 is 2.62 bits per heavy atom. The molecule has 0 fully saturated rings. The lowest BCUT2D eigenvalue weighted by Gasteiger charge is -2.25. The van der Waals surface area contributed by atoms with E-state index in [4.69, 9.17) is 22.7 Å². The Morgan fingerprint density at radius 1 is 1.43 bits per heavy atom. The van der Waals surface area contributed by atoms with Crippen LogP contribution in [0.15, 0.2) is 18.2 Å². The largest absolute Gasteiger partial charge is 0.496 e. The molecule has 1 amide bonds. The average molecular weight is 308 g/mol. The van der Waals surface area contributed by atoms with Gasteiger partial charge in [-0.1, -0.05) is 32.1 Å². The fourth-order valence-corrected chi connectivity index (χ4v) is 2.19. The van der Waals surface area contributed by atoms with Crippen LogP contribution in [-0.4, -0.2) is 36.0 Å². The fourth-order valence-electron chi connectivity index (χ4n) is 2.10. The lowest BCUT2D eigenvalue weighted by Crippen LogP contribution is -2.36. The van der Waals surface area contributed by atoms with Crippen LogP contribution in [-0.2, 0) is 0 Å². The Balaban J connectivity index is 2.95. The zero-order chi connectivity index (χ0) is 16.0. The number of hydrogen-bond acceptors (Lipinski definition) is 3. The number of thiocarbonyl (C=S) groups is 1. The molecule has 1 aromatic rings. The molecule has 2 N–H and O–H groups in total. The van der Waals surface area contributed by atoms with Crippen LogP contribution < -0.4 is 10.5 Å². The number of carbonyl (C=O) groups is 1. The molecule has 1 aromatic carbocycles. The number of amides is 1. The Bertz CT molecular complexity index is 515. The van der Waals surface area contributed by atoms with Crippen LogP contribution in [0.3, 0.4) is 0 Å². The third-order valence-corrected chi connectivity index (χ3v) is 3.36. The monoisotopic (exact) mass is 308 g/mol. The molecule has 0 aliphatic rings. The molecule has 21 heavy (non-hydrogen) atoms. The molecular weight excluding hydrogens is 284 g/mol. The van der Waals surface area contributed by atoms with E-state index in [1.54, 1.807) is 18.1 Å². The first kappa shape index (κ1) is 17.4. The zero-order valence-corrected chi connectivity index (χ0v) is 14.0. The second-order valence-electron chi connectivity index (χ2n) is 5.55. The number of aryl methyl sites for hydroxylation is 1. The van der Waals surface area contributed by atoms with Gasteiger partial charge in [0, 0.05) is 25.1 Å². The predicted molar refractivity (Wildman–Crippen MR) is 89.9 cm³/mol. The minimum Gasteiger partial charge on any atom is -0.496 e. The summed E-state index contributed by atoms with van der Waals surface area (Å²) in [6.07, 6.45) is 0.538. The number of rotatable bonds is 7. The van der Waals surface area contributed by atoms with Gasteiger partial charge in [0.25, 0.3) is 5.91 Å². The summed E-state index contributed by atoms with van der Waals surface area (Å²) >= 11 is 4.91. The molecule has 0 aliphatic heterocycles. The van der Waals surface area contributed by atoms with Gasteiger partial charge in [0.1, 0.15) is 5.75 Å². The molecule has 1 rings (SSSR count). The van der Waals surface area contributed by atoms with Crippen molar-refractivity contribution < 1.29 is 9.53 Å². The number of benzene rings is 1. The number of nitrogens with zero attached hydrogens (tertiary/aromatic N) is 1. The highest BCUT2D eigenvalue weighted by molar-refractivity contribution is 7.80. The van der Waals surface area contributed by atoms with E-state index in [9.17, 15) is 4.79 Å². The number of carbonyl (C=O) groups excluding carboxylic acids is 1. The molecular formula is C16H24N2O2S. The van der Waals surface area contributed by atoms with Crippen LogP contribution in [0.25, 0.3) is 0 Å². The lowest BCUT2D eigenvalue weighted by atomic mass is 10.1. The Labute approximate surface area is 132 Å². The maximum Gasteiger partial charge on any atom is 0.254 e. The molecule has 0 heterocycles. The standard InChI is InChI=1S/C16H24N2O2S/c1-11(2)10-18(8-7-15(17)21)16(19)13-6-5-12(3)14(9-13)20-4/h5-6,9,11H,7-8,10H2,1-4H3,(H2,17,21). The van der Waals surface area contributed by atoms with Crippen molar-refractivity contribution in [3.8, 4) is 5.75 Å². The maximum atomic E-state index is 12.7. The normalized spacial score (nSPS) is 10.5. The summed E-state index contributed by atoms with van der Waals surface area (Å²) in [6.45, 7) is 7.33. The molecule has 116 valence electrons. The van der Waals surface area contributed by atoms with Crippen molar-refractivity contribution in [1.82, 2.24) is 4.90 Å². The molecule has 0 unspecified atom stereocenters. The van der Waals surface area contributed by atoms with Gasteiger partial charge in [0.15, 0.2) is 0 Å². The minimum absolute atomic E-state index is 0.0155. The lowest BCUT2D eigenvalue weighted by molar-refractivity contribution is 0.0741. The van der Waals surface area contributed by atoms with Crippen LogP contribution in [0, 0.1) is 12.8 Å². The van der Waals surface area contributed by atoms with E-state index in [1.807, 2.05) is 19.1 Å². The maximum absolute atomic E-state index is 12.7. The topological polar surface area (TPSA) is 55.6 Å². The SMILES string of the molecule is COc1cc(C(=O)N(CCC(N)=S)CC(C)C)ccc1C. The quantitative estimate of drug-likeness (QED) is 0.787. The van der Waals surface area contributed by atoms with Gasteiger partial charge in [-0.15, -0.1) is 0 Å². The van der Waals surface area contributed by atoms with Crippen LogP contribution in [0.2, 0.25) is 0 Å². The Kier molecular flexibility index (Phi) is 6.62. The van der Waals surface area contributed by atoms with E-state index in [1.165, 1.54) is 0 Å². The number of hydrogen-bond donors (Lipinski definition) is 1. The molecule has 0 atom stereocenters. The van der Waals surface area contributed by atoms with Crippen molar-refractivity contribution >= 4 is 23.1 Å². The first-order valence-corrected chi connectivity index (χ1v) is 7.48.